The summed E-state index contributed by atoms with van der Waals surface area (Å²) in [5, 5.41) is 4.62. The molecule has 3 aliphatic rings. The van der Waals surface area contributed by atoms with Crippen LogP contribution in [0.4, 0.5) is 0 Å². The Balaban J connectivity index is 1.10. The number of para-hydroxylation sites is 1. The van der Waals surface area contributed by atoms with Gasteiger partial charge in [-0.05, 0) is 68.8 Å². The van der Waals surface area contributed by atoms with Gasteiger partial charge in [0.05, 0.1) is 16.4 Å². The fraction of sp³-hybridized carbons (Fsp3) is 0.0536. The summed E-state index contributed by atoms with van der Waals surface area (Å²) in [5.74, 6) is 3.60. The third-order valence-electron chi connectivity index (χ3n) is 13.0. The lowest BCUT2D eigenvalue weighted by Crippen LogP contribution is -2.32. The van der Waals surface area contributed by atoms with Crippen molar-refractivity contribution >= 4 is 38.2 Å². The molecule has 3 heterocycles. The zero-order valence-electron chi connectivity index (χ0n) is 33.0. The van der Waals surface area contributed by atoms with Crippen molar-refractivity contribution in [3.63, 3.8) is 0 Å². The van der Waals surface area contributed by atoms with Crippen molar-refractivity contribution in [2.45, 2.75) is 17.8 Å². The quantitative estimate of drug-likeness (QED) is 0.178. The fourth-order valence-electron chi connectivity index (χ4n) is 10.4. The molecule has 286 valence electrons. The molecule has 0 saturated heterocycles. The highest BCUT2D eigenvalue weighted by Crippen LogP contribution is 2.62. The lowest BCUT2D eigenvalue weighted by Gasteiger charge is -2.39. The lowest BCUT2D eigenvalue weighted by atomic mass is 9.66. The first-order valence-corrected chi connectivity index (χ1v) is 21.0. The highest BCUT2D eigenvalue weighted by atomic mass is 16.5. The van der Waals surface area contributed by atoms with E-state index in [2.05, 4.69) is 187 Å². The molecular weight excluding hydrogens is 745 g/mol. The first-order chi connectivity index (χ1) is 30.2. The molecule has 10 aromatic rings. The maximum atomic E-state index is 7.05. The predicted molar refractivity (Wildman–Crippen MR) is 245 cm³/mol. The van der Waals surface area contributed by atoms with Crippen LogP contribution in [0.25, 0.3) is 66.6 Å². The third-order valence-corrected chi connectivity index (χ3v) is 13.0. The molecule has 0 radical (unpaired) electrons. The topological polar surface area (TPSA) is 52.8 Å². The number of ether oxygens (including phenoxy) is 1. The van der Waals surface area contributed by atoms with Gasteiger partial charge in [0.2, 0.25) is 5.95 Å². The van der Waals surface area contributed by atoms with Crippen molar-refractivity contribution in [1.82, 2.24) is 19.5 Å². The van der Waals surface area contributed by atoms with E-state index in [-0.39, 0.29) is 5.92 Å². The largest absolute Gasteiger partial charge is 0.457 e. The molecule has 1 unspecified atom stereocenters. The molecule has 0 saturated carbocycles. The van der Waals surface area contributed by atoms with Crippen LogP contribution in [0.2, 0.25) is 0 Å². The SMILES string of the molecule is C1=CC(c2nc(-c3ccccc3)nc(-n3c4cc5c(cc4c4c6ccccc6ccc43)C3(c4ccccc4O5)c4ccccc4-c4ccccc43)n2)CC=C1c1ccccc1. The van der Waals surface area contributed by atoms with Crippen molar-refractivity contribution in [2.75, 3.05) is 0 Å². The molecule has 61 heavy (non-hydrogen) atoms. The number of hydrogen-bond acceptors (Lipinski definition) is 4. The van der Waals surface area contributed by atoms with E-state index in [4.69, 9.17) is 19.7 Å². The number of fused-ring (bicyclic) bond motifs is 14. The van der Waals surface area contributed by atoms with Crippen LogP contribution >= 0.6 is 0 Å². The zero-order chi connectivity index (χ0) is 40.1. The molecule has 0 bridgehead atoms. The normalized spacial score (nSPS) is 15.6. The zero-order valence-corrected chi connectivity index (χ0v) is 33.0. The van der Waals surface area contributed by atoms with Gasteiger partial charge >= 0.3 is 0 Å². The molecule has 2 aromatic heterocycles. The van der Waals surface area contributed by atoms with Gasteiger partial charge in [0.25, 0.3) is 0 Å². The molecule has 5 heteroatoms. The highest BCUT2D eigenvalue weighted by molar-refractivity contribution is 6.21. The van der Waals surface area contributed by atoms with Crippen molar-refractivity contribution in [2.24, 2.45) is 0 Å². The van der Waals surface area contributed by atoms with E-state index < -0.39 is 5.41 Å². The second-order valence-corrected chi connectivity index (χ2v) is 16.2. The Morgan fingerprint density at radius 2 is 1.20 bits per heavy atom. The molecule has 5 nitrogen and oxygen atoms in total. The summed E-state index contributed by atoms with van der Waals surface area (Å²) in [6.07, 6.45) is 7.53. The van der Waals surface area contributed by atoms with Crippen LogP contribution in [0.5, 0.6) is 11.5 Å². The summed E-state index contributed by atoms with van der Waals surface area (Å²) in [7, 11) is 0. The van der Waals surface area contributed by atoms with Gasteiger partial charge in [-0.3, -0.25) is 4.57 Å². The summed E-state index contributed by atoms with van der Waals surface area (Å²) >= 11 is 0. The van der Waals surface area contributed by atoms with Crippen LogP contribution in [0.1, 0.15) is 46.0 Å². The number of allylic oxidation sites excluding steroid dienone is 4. The third kappa shape index (κ3) is 4.92. The van der Waals surface area contributed by atoms with E-state index in [0.29, 0.717) is 11.8 Å². The monoisotopic (exact) mass is 780 g/mol. The Bertz CT molecular complexity index is 3450. The first kappa shape index (κ1) is 34.0. The molecule has 2 aliphatic carbocycles. The number of benzene rings is 8. The highest BCUT2D eigenvalue weighted by Gasteiger charge is 2.51. The van der Waals surface area contributed by atoms with Gasteiger partial charge in [0.15, 0.2) is 5.82 Å². The van der Waals surface area contributed by atoms with Crippen LogP contribution in [0.15, 0.2) is 200 Å². The minimum Gasteiger partial charge on any atom is -0.457 e. The maximum Gasteiger partial charge on any atom is 0.238 e. The molecule has 13 rings (SSSR count). The summed E-state index contributed by atoms with van der Waals surface area (Å²) in [6, 6.07) is 64.9. The Labute approximate surface area is 352 Å². The smallest absolute Gasteiger partial charge is 0.238 e. The standard InChI is InChI=1S/C56H36N4O/c1-3-15-35(16-4-1)36-27-29-39(30-28-36)54-57-53(38-18-5-2-6-19-38)58-55(59-54)60-48-32-31-37-17-7-8-20-40(37)52(48)43-33-47-51(34-49(43)60)61-50-26-14-13-25-46(50)56(47)44-23-11-9-21-41(44)42-22-10-12-24-45(42)56/h1-29,31-34,39H,30H2. The molecule has 1 spiro atoms. The van der Waals surface area contributed by atoms with Crippen molar-refractivity contribution < 1.29 is 4.74 Å². The maximum absolute atomic E-state index is 7.05. The van der Waals surface area contributed by atoms with Crippen molar-refractivity contribution in [3.05, 3.63) is 234 Å². The average Bonchev–Trinajstić information content (AvgIpc) is 3.82. The van der Waals surface area contributed by atoms with Crippen molar-refractivity contribution in [3.8, 4) is 40.0 Å². The summed E-state index contributed by atoms with van der Waals surface area (Å²) in [6.45, 7) is 0. The van der Waals surface area contributed by atoms with E-state index in [9.17, 15) is 0 Å². The molecule has 0 N–H and O–H groups in total. The van der Waals surface area contributed by atoms with Crippen LogP contribution in [-0.2, 0) is 5.41 Å². The Hall–Kier alpha value is -7.89. The van der Waals surface area contributed by atoms with Crippen LogP contribution in [0.3, 0.4) is 0 Å². The lowest BCUT2D eigenvalue weighted by molar-refractivity contribution is 0.437. The van der Waals surface area contributed by atoms with E-state index in [1.807, 2.05) is 18.2 Å². The number of rotatable bonds is 4. The van der Waals surface area contributed by atoms with Crippen molar-refractivity contribution in [1.29, 1.82) is 0 Å². The first-order valence-electron chi connectivity index (χ1n) is 21.0. The van der Waals surface area contributed by atoms with E-state index in [1.54, 1.807) is 0 Å². The van der Waals surface area contributed by atoms with Gasteiger partial charge in [-0.1, -0.05) is 176 Å². The van der Waals surface area contributed by atoms with E-state index in [1.165, 1.54) is 44.2 Å². The Kier molecular flexibility index (Phi) is 7.28. The van der Waals surface area contributed by atoms with E-state index >= 15 is 0 Å². The molecule has 8 aromatic carbocycles. The number of nitrogens with zero attached hydrogens (tertiary/aromatic N) is 4. The molecule has 1 aliphatic heterocycles. The fourth-order valence-corrected chi connectivity index (χ4v) is 10.4. The van der Waals surface area contributed by atoms with E-state index in [0.717, 1.165) is 62.2 Å². The van der Waals surface area contributed by atoms with Gasteiger partial charge < -0.3 is 4.74 Å². The second kappa shape index (κ2) is 13.1. The average molecular weight is 781 g/mol. The van der Waals surface area contributed by atoms with Gasteiger partial charge in [0.1, 0.15) is 17.3 Å². The van der Waals surface area contributed by atoms with Gasteiger partial charge in [0, 0.05) is 39.4 Å². The molecule has 0 amide bonds. The summed E-state index contributed by atoms with van der Waals surface area (Å²) in [5.41, 5.74) is 12.1. The summed E-state index contributed by atoms with van der Waals surface area (Å²) < 4.78 is 9.29. The van der Waals surface area contributed by atoms with Crippen LogP contribution in [-0.4, -0.2) is 19.5 Å². The number of hydrogen-bond donors (Lipinski definition) is 0. The minimum absolute atomic E-state index is 0.0273. The Morgan fingerprint density at radius 1 is 0.525 bits per heavy atom. The Morgan fingerprint density at radius 3 is 1.95 bits per heavy atom. The molecule has 0 fully saturated rings. The minimum atomic E-state index is -0.592. The van der Waals surface area contributed by atoms with Crippen LogP contribution < -0.4 is 4.74 Å². The number of aromatic nitrogens is 4. The van der Waals surface area contributed by atoms with Gasteiger partial charge in [-0.15, -0.1) is 0 Å². The molecular formula is C56H36N4O. The second-order valence-electron chi connectivity index (χ2n) is 16.2. The summed E-state index contributed by atoms with van der Waals surface area (Å²) in [4.78, 5) is 15.9. The van der Waals surface area contributed by atoms with Crippen LogP contribution in [0, 0.1) is 0 Å². The molecule has 1 atom stereocenters. The van der Waals surface area contributed by atoms with Gasteiger partial charge in [-0.25, -0.2) is 4.98 Å². The predicted octanol–water partition coefficient (Wildman–Crippen LogP) is 13.4. The van der Waals surface area contributed by atoms with Gasteiger partial charge in [-0.2, -0.15) is 9.97 Å².